The Bertz CT molecular complexity index is 2050. The second-order valence-corrected chi connectivity index (χ2v) is 15.9. The van der Waals surface area contributed by atoms with E-state index in [1.54, 1.807) is 6.07 Å². The number of ether oxygens (including phenoxy) is 1. The molecular weight excluding hydrogens is 720 g/mol. The number of benzene rings is 3. The van der Waals surface area contributed by atoms with Crippen molar-refractivity contribution in [3.05, 3.63) is 93.0 Å². The Morgan fingerprint density at radius 2 is 1.53 bits per heavy atom. The molecule has 2 saturated carbocycles. The molecule has 13 heteroatoms. The van der Waals surface area contributed by atoms with Gasteiger partial charge in [0.15, 0.2) is 0 Å². The number of carbonyl (C=O) groups excluding carboxylic acids is 5. The first-order valence-electron chi connectivity index (χ1n) is 19.2. The van der Waals surface area contributed by atoms with Crippen LogP contribution >= 0.6 is 11.6 Å². The standard InChI is InChI=1S/C42H43ClN6O6/c1-47(31-7-2-25(21-44)36(43)20-31)29-8-5-28(6-9-29)45-39(51)24-3-12-32(13-4-24)55-33-14-10-30(11-15-33)48-22-26-18-34-35(19-27(26)23-48)42(54)49(41(34)53)37-16-17-38(50)46-40(37)52/h2-4,7,12-13,18-20,28-30,33,37H,5-6,8-11,14-17,22-23H2,1H3,(H,45,51)(H,46,50,52)/t28-,29-,30-,33-,37?. The Hall–Kier alpha value is -5.25. The number of carbonyl (C=O) groups is 5. The summed E-state index contributed by atoms with van der Waals surface area (Å²) in [4.78, 5) is 69.4. The summed E-state index contributed by atoms with van der Waals surface area (Å²) in [5, 5.41) is 15.1. The minimum atomic E-state index is -0.968. The number of nitriles is 1. The molecule has 3 aromatic carbocycles. The monoisotopic (exact) mass is 762 g/mol. The van der Waals surface area contributed by atoms with Gasteiger partial charge in [-0.15, -0.1) is 0 Å². The Labute approximate surface area is 324 Å². The summed E-state index contributed by atoms with van der Waals surface area (Å²) in [6.45, 7) is 1.38. The second-order valence-electron chi connectivity index (χ2n) is 15.5. The highest BCUT2D eigenvalue weighted by Crippen LogP contribution is 2.37. The fourth-order valence-corrected chi connectivity index (χ4v) is 9.18. The van der Waals surface area contributed by atoms with Crippen molar-refractivity contribution in [3.8, 4) is 11.8 Å². The fraction of sp³-hybridized carbons (Fsp3) is 0.429. The molecule has 12 nitrogen and oxygen atoms in total. The zero-order chi connectivity index (χ0) is 38.4. The maximum atomic E-state index is 13.3. The van der Waals surface area contributed by atoms with Gasteiger partial charge in [0.05, 0.1) is 27.8 Å². The quantitative estimate of drug-likeness (QED) is 0.284. The Morgan fingerprint density at radius 1 is 0.873 bits per heavy atom. The normalized spacial score (nSPS) is 25.2. The zero-order valence-electron chi connectivity index (χ0n) is 30.7. The van der Waals surface area contributed by atoms with E-state index in [1.165, 1.54) is 0 Å². The molecule has 1 unspecified atom stereocenters. The summed E-state index contributed by atoms with van der Waals surface area (Å²) in [7, 11) is 2.05. The summed E-state index contributed by atoms with van der Waals surface area (Å²) in [5.41, 5.74) is 4.76. The minimum absolute atomic E-state index is 0.0758. The molecule has 3 heterocycles. The number of halogens is 1. The predicted octanol–water partition coefficient (Wildman–Crippen LogP) is 5.50. The number of fused-ring (bicyclic) bond motifs is 2. The number of nitrogens with one attached hydrogen (secondary N) is 2. The molecule has 3 aromatic rings. The van der Waals surface area contributed by atoms with Crippen molar-refractivity contribution >= 4 is 46.8 Å². The van der Waals surface area contributed by atoms with Gasteiger partial charge in [0.25, 0.3) is 17.7 Å². The van der Waals surface area contributed by atoms with Crippen LogP contribution in [-0.4, -0.2) is 76.7 Å². The number of piperidine rings is 1. The molecule has 1 saturated heterocycles. The molecule has 0 radical (unpaired) electrons. The van der Waals surface area contributed by atoms with Gasteiger partial charge in [-0.25, -0.2) is 0 Å². The highest BCUT2D eigenvalue weighted by atomic mass is 35.5. The van der Waals surface area contributed by atoms with E-state index in [2.05, 4.69) is 26.5 Å². The van der Waals surface area contributed by atoms with Crippen LogP contribution in [0.5, 0.6) is 5.75 Å². The van der Waals surface area contributed by atoms with Gasteiger partial charge in [-0.1, -0.05) is 11.6 Å². The number of hydrogen-bond acceptors (Lipinski definition) is 9. The summed E-state index contributed by atoms with van der Waals surface area (Å²) in [5.74, 6) is -1.28. The Morgan fingerprint density at radius 3 is 2.13 bits per heavy atom. The van der Waals surface area contributed by atoms with Crippen LogP contribution in [0.25, 0.3) is 0 Å². The third-order valence-electron chi connectivity index (χ3n) is 12.1. The molecule has 0 bridgehead atoms. The molecule has 0 spiro atoms. The van der Waals surface area contributed by atoms with Crippen molar-refractivity contribution in [2.24, 2.45) is 0 Å². The van der Waals surface area contributed by atoms with Crippen LogP contribution in [0.15, 0.2) is 54.6 Å². The van der Waals surface area contributed by atoms with Crippen molar-refractivity contribution in [1.29, 1.82) is 5.26 Å². The van der Waals surface area contributed by atoms with Gasteiger partial charge < -0.3 is 15.0 Å². The molecule has 5 aliphatic rings. The highest BCUT2D eigenvalue weighted by molar-refractivity contribution is 6.32. The van der Waals surface area contributed by atoms with E-state index in [1.807, 2.05) is 55.6 Å². The molecule has 2 aliphatic carbocycles. The van der Waals surface area contributed by atoms with E-state index in [9.17, 15) is 29.2 Å². The van der Waals surface area contributed by atoms with Gasteiger partial charge in [0.1, 0.15) is 17.9 Å². The van der Waals surface area contributed by atoms with E-state index in [0.717, 1.165) is 78.8 Å². The molecule has 2 N–H and O–H groups in total. The van der Waals surface area contributed by atoms with Gasteiger partial charge in [-0.05, 0) is 124 Å². The van der Waals surface area contributed by atoms with Crippen LogP contribution in [0.3, 0.4) is 0 Å². The molecule has 5 amide bonds. The summed E-state index contributed by atoms with van der Waals surface area (Å²) in [6.07, 6.45) is 7.65. The molecule has 1 atom stereocenters. The number of amides is 5. The van der Waals surface area contributed by atoms with Crippen LogP contribution in [0, 0.1) is 11.3 Å². The first kappa shape index (κ1) is 36.7. The molecule has 8 rings (SSSR count). The van der Waals surface area contributed by atoms with Crippen LogP contribution in [0.2, 0.25) is 5.02 Å². The largest absolute Gasteiger partial charge is 0.490 e. The average molecular weight is 763 g/mol. The van der Waals surface area contributed by atoms with E-state index in [0.29, 0.717) is 52.4 Å². The molecule has 3 aliphatic heterocycles. The fourth-order valence-electron chi connectivity index (χ4n) is 8.96. The van der Waals surface area contributed by atoms with Crippen LogP contribution in [-0.2, 0) is 22.7 Å². The number of nitrogens with zero attached hydrogens (tertiary/aromatic N) is 4. The Balaban J connectivity index is 0.784. The summed E-state index contributed by atoms with van der Waals surface area (Å²) >= 11 is 6.26. The summed E-state index contributed by atoms with van der Waals surface area (Å²) < 4.78 is 6.35. The highest BCUT2D eigenvalue weighted by Gasteiger charge is 2.45. The lowest BCUT2D eigenvalue weighted by Gasteiger charge is -2.36. The molecular formula is C42H43ClN6O6. The molecule has 284 valence electrons. The van der Waals surface area contributed by atoms with Gasteiger partial charge in [-0.2, -0.15) is 5.26 Å². The Kier molecular flexibility index (Phi) is 10.1. The lowest BCUT2D eigenvalue weighted by Crippen LogP contribution is -2.54. The SMILES string of the molecule is CN(c1ccc(C#N)c(Cl)c1)[C@H]1CC[C@H](NC(=O)c2ccc(O[C@H]3CC[C@H](N4Cc5cc6c(cc5C4)C(=O)N(C4CCC(=O)NC4=O)C6=O)CC3)cc2)CC1. The van der Waals surface area contributed by atoms with Crippen molar-refractivity contribution in [2.75, 3.05) is 11.9 Å². The van der Waals surface area contributed by atoms with Gasteiger partial charge in [-0.3, -0.25) is 39.1 Å². The van der Waals surface area contributed by atoms with E-state index >= 15 is 0 Å². The number of imide groups is 2. The second kappa shape index (κ2) is 15.1. The first-order chi connectivity index (χ1) is 26.6. The van der Waals surface area contributed by atoms with Gasteiger partial charge >= 0.3 is 0 Å². The molecule has 3 fully saturated rings. The maximum absolute atomic E-state index is 13.3. The number of hydrogen-bond donors (Lipinski definition) is 2. The van der Waals surface area contributed by atoms with Crippen molar-refractivity contribution in [1.82, 2.24) is 20.4 Å². The third-order valence-corrected chi connectivity index (χ3v) is 12.5. The van der Waals surface area contributed by atoms with E-state index in [4.69, 9.17) is 16.3 Å². The maximum Gasteiger partial charge on any atom is 0.262 e. The van der Waals surface area contributed by atoms with Gasteiger partial charge in [0, 0.05) is 55.9 Å². The third kappa shape index (κ3) is 7.31. The van der Waals surface area contributed by atoms with Crippen LogP contribution in [0.1, 0.15) is 112 Å². The van der Waals surface area contributed by atoms with Crippen LogP contribution in [0.4, 0.5) is 5.69 Å². The summed E-state index contributed by atoms with van der Waals surface area (Å²) in [6, 6.07) is 18.5. The topological polar surface area (TPSA) is 152 Å². The number of anilines is 1. The number of rotatable bonds is 8. The van der Waals surface area contributed by atoms with Crippen molar-refractivity contribution in [3.63, 3.8) is 0 Å². The molecule has 55 heavy (non-hydrogen) atoms. The predicted molar refractivity (Wildman–Crippen MR) is 204 cm³/mol. The van der Waals surface area contributed by atoms with Gasteiger partial charge in [0.2, 0.25) is 11.8 Å². The van der Waals surface area contributed by atoms with E-state index < -0.39 is 29.7 Å². The van der Waals surface area contributed by atoms with Crippen molar-refractivity contribution < 1.29 is 28.7 Å². The lowest BCUT2D eigenvalue weighted by molar-refractivity contribution is -0.136. The van der Waals surface area contributed by atoms with E-state index in [-0.39, 0.29) is 30.9 Å². The zero-order valence-corrected chi connectivity index (χ0v) is 31.4. The average Bonchev–Trinajstić information content (AvgIpc) is 3.71. The first-order valence-corrected chi connectivity index (χ1v) is 19.6. The minimum Gasteiger partial charge on any atom is -0.490 e. The van der Waals surface area contributed by atoms with Crippen molar-refractivity contribution in [2.45, 2.75) is 108 Å². The van der Waals surface area contributed by atoms with Crippen LogP contribution < -0.4 is 20.3 Å². The lowest BCUT2D eigenvalue weighted by atomic mass is 9.90. The molecule has 0 aromatic heterocycles. The smallest absolute Gasteiger partial charge is 0.262 e.